The molecule has 2 heterocycles. The second-order valence-corrected chi connectivity index (χ2v) is 8.13. The Morgan fingerprint density at radius 3 is 2.66 bits per heavy atom. The van der Waals surface area contributed by atoms with Gasteiger partial charge in [-0.25, -0.2) is 0 Å². The monoisotopic (exact) mass is 450 g/mol. The fourth-order valence-electron chi connectivity index (χ4n) is 3.46. The number of ether oxygens (including phenoxy) is 1. The van der Waals surface area contributed by atoms with E-state index in [-0.39, 0.29) is 18.2 Å². The number of hydrogen-bond acceptors (Lipinski definition) is 5. The lowest BCUT2D eigenvalue weighted by atomic mass is 10.1. The lowest BCUT2D eigenvalue weighted by molar-refractivity contribution is 0.101. The summed E-state index contributed by atoms with van der Waals surface area (Å²) < 4.78 is 12.9. The van der Waals surface area contributed by atoms with Crippen LogP contribution in [-0.4, -0.2) is 20.8 Å². The molecule has 0 bridgehead atoms. The van der Waals surface area contributed by atoms with Crippen molar-refractivity contribution in [2.45, 2.75) is 33.9 Å². The standard InChI is InChI=1S/C24H23ClN4O3/c1-15-7-16(2)9-21(8-15)31-14-22-17(3)32-28-23(22)24(30)27-20-6-4-5-18(10-20)12-29-13-19(25)11-26-29/h4-11,13H,12,14H2,1-3H3,(H,27,30). The second-order valence-electron chi connectivity index (χ2n) is 7.69. The molecule has 0 radical (unpaired) electrons. The van der Waals surface area contributed by atoms with Gasteiger partial charge in [0, 0.05) is 11.9 Å². The Kier molecular flexibility index (Phi) is 6.28. The first-order valence-corrected chi connectivity index (χ1v) is 10.5. The summed E-state index contributed by atoms with van der Waals surface area (Å²) in [7, 11) is 0. The third-order valence-electron chi connectivity index (χ3n) is 4.91. The normalized spacial score (nSPS) is 10.9. The van der Waals surface area contributed by atoms with Crippen LogP contribution >= 0.6 is 11.6 Å². The van der Waals surface area contributed by atoms with Crippen molar-refractivity contribution in [1.82, 2.24) is 14.9 Å². The Hall–Kier alpha value is -3.58. The molecule has 1 N–H and O–H groups in total. The smallest absolute Gasteiger partial charge is 0.278 e. The Balaban J connectivity index is 1.46. The summed E-state index contributed by atoms with van der Waals surface area (Å²) in [5.41, 5.74) is 4.65. The third kappa shape index (κ3) is 5.18. The SMILES string of the molecule is Cc1cc(C)cc(OCc2c(C(=O)Nc3cccc(Cn4cc(Cl)cn4)c3)noc2C)c1. The summed E-state index contributed by atoms with van der Waals surface area (Å²) in [5, 5.41) is 11.6. The molecule has 1 amide bonds. The van der Waals surface area contributed by atoms with E-state index >= 15 is 0 Å². The Morgan fingerprint density at radius 2 is 1.94 bits per heavy atom. The molecule has 7 nitrogen and oxygen atoms in total. The number of anilines is 1. The molecule has 32 heavy (non-hydrogen) atoms. The number of benzene rings is 2. The number of carbonyl (C=O) groups excluding carboxylic acids is 1. The molecule has 0 aliphatic rings. The number of rotatable bonds is 7. The highest BCUT2D eigenvalue weighted by Gasteiger charge is 2.21. The zero-order valence-electron chi connectivity index (χ0n) is 18.1. The molecule has 0 atom stereocenters. The van der Waals surface area contributed by atoms with Crippen LogP contribution in [0, 0.1) is 20.8 Å². The topological polar surface area (TPSA) is 82.2 Å². The first kappa shape index (κ1) is 21.6. The zero-order valence-corrected chi connectivity index (χ0v) is 18.8. The van der Waals surface area contributed by atoms with Crippen molar-refractivity contribution in [3.8, 4) is 5.75 Å². The van der Waals surface area contributed by atoms with E-state index in [9.17, 15) is 4.79 Å². The molecule has 4 aromatic rings. The Bertz CT molecular complexity index is 1240. The van der Waals surface area contributed by atoms with Crippen LogP contribution < -0.4 is 10.1 Å². The number of amides is 1. The lowest BCUT2D eigenvalue weighted by Gasteiger charge is -2.10. The predicted octanol–water partition coefficient (Wildman–Crippen LogP) is 5.33. The average molecular weight is 451 g/mol. The fourth-order valence-corrected chi connectivity index (χ4v) is 3.62. The molecule has 8 heteroatoms. The van der Waals surface area contributed by atoms with E-state index in [4.69, 9.17) is 20.9 Å². The molecular weight excluding hydrogens is 428 g/mol. The number of aromatic nitrogens is 3. The van der Waals surface area contributed by atoms with Crippen molar-refractivity contribution in [3.05, 3.63) is 93.6 Å². The van der Waals surface area contributed by atoms with Crippen LogP contribution in [0.1, 0.15) is 38.5 Å². The van der Waals surface area contributed by atoms with Gasteiger partial charge in [0.2, 0.25) is 0 Å². The first-order chi connectivity index (χ1) is 15.4. The summed E-state index contributed by atoms with van der Waals surface area (Å²) in [5.74, 6) is 0.921. The highest BCUT2D eigenvalue weighted by atomic mass is 35.5. The van der Waals surface area contributed by atoms with Gasteiger partial charge >= 0.3 is 0 Å². The predicted molar refractivity (Wildman–Crippen MR) is 122 cm³/mol. The number of nitrogens with one attached hydrogen (secondary N) is 1. The van der Waals surface area contributed by atoms with Crippen molar-refractivity contribution < 1.29 is 14.1 Å². The molecule has 0 aliphatic heterocycles. The minimum atomic E-state index is -0.361. The van der Waals surface area contributed by atoms with Crippen molar-refractivity contribution in [1.29, 1.82) is 0 Å². The number of carbonyl (C=O) groups is 1. The van der Waals surface area contributed by atoms with Crippen LogP contribution in [0.5, 0.6) is 5.75 Å². The van der Waals surface area contributed by atoms with Gasteiger partial charge in [-0.1, -0.05) is 35.0 Å². The van der Waals surface area contributed by atoms with Gasteiger partial charge in [0.25, 0.3) is 5.91 Å². The van der Waals surface area contributed by atoms with E-state index in [0.29, 0.717) is 28.6 Å². The van der Waals surface area contributed by atoms with Crippen molar-refractivity contribution in [2.24, 2.45) is 0 Å². The number of nitrogens with zero attached hydrogens (tertiary/aromatic N) is 3. The molecule has 164 valence electrons. The fraction of sp³-hybridized carbons (Fsp3) is 0.208. The maximum atomic E-state index is 12.9. The van der Waals surface area contributed by atoms with Gasteiger partial charge in [0.1, 0.15) is 18.1 Å². The second kappa shape index (κ2) is 9.28. The molecule has 0 saturated heterocycles. The van der Waals surface area contributed by atoms with Crippen LogP contribution in [0.2, 0.25) is 5.02 Å². The number of halogens is 1. The minimum absolute atomic E-state index is 0.182. The summed E-state index contributed by atoms with van der Waals surface area (Å²) in [6.07, 6.45) is 3.33. The molecule has 2 aromatic carbocycles. The summed E-state index contributed by atoms with van der Waals surface area (Å²) in [4.78, 5) is 12.9. The van der Waals surface area contributed by atoms with Crippen molar-refractivity contribution in [3.63, 3.8) is 0 Å². The Labute approximate surface area is 190 Å². The van der Waals surface area contributed by atoms with E-state index < -0.39 is 0 Å². The van der Waals surface area contributed by atoms with Crippen molar-refractivity contribution >= 4 is 23.2 Å². The quantitative estimate of drug-likeness (QED) is 0.411. The number of aryl methyl sites for hydroxylation is 3. The largest absolute Gasteiger partial charge is 0.489 e. The molecule has 0 saturated carbocycles. The molecule has 0 spiro atoms. The van der Waals surface area contributed by atoms with Gasteiger partial charge in [-0.3, -0.25) is 9.48 Å². The van der Waals surface area contributed by atoms with Gasteiger partial charge in [0.05, 0.1) is 23.3 Å². The summed E-state index contributed by atoms with van der Waals surface area (Å²) in [6, 6.07) is 13.5. The van der Waals surface area contributed by atoms with Gasteiger partial charge in [0.15, 0.2) is 5.69 Å². The van der Waals surface area contributed by atoms with E-state index in [0.717, 1.165) is 22.4 Å². The van der Waals surface area contributed by atoms with Crippen LogP contribution in [-0.2, 0) is 13.2 Å². The van der Waals surface area contributed by atoms with E-state index in [1.54, 1.807) is 24.0 Å². The summed E-state index contributed by atoms with van der Waals surface area (Å²) in [6.45, 7) is 6.51. The van der Waals surface area contributed by atoms with Crippen LogP contribution in [0.4, 0.5) is 5.69 Å². The molecule has 0 fully saturated rings. The molecule has 0 unspecified atom stereocenters. The van der Waals surface area contributed by atoms with Crippen LogP contribution in [0.3, 0.4) is 0 Å². The molecule has 0 aliphatic carbocycles. The average Bonchev–Trinajstić information content (AvgIpc) is 3.31. The highest BCUT2D eigenvalue weighted by molar-refractivity contribution is 6.30. The van der Waals surface area contributed by atoms with E-state index in [1.165, 1.54) is 0 Å². The van der Waals surface area contributed by atoms with Gasteiger partial charge in [-0.2, -0.15) is 5.10 Å². The maximum Gasteiger partial charge on any atom is 0.278 e. The zero-order chi connectivity index (χ0) is 22.7. The third-order valence-corrected chi connectivity index (χ3v) is 5.10. The van der Waals surface area contributed by atoms with E-state index in [2.05, 4.69) is 21.6 Å². The Morgan fingerprint density at radius 1 is 1.16 bits per heavy atom. The van der Waals surface area contributed by atoms with Gasteiger partial charge in [-0.05, 0) is 61.7 Å². The maximum absolute atomic E-state index is 12.9. The lowest BCUT2D eigenvalue weighted by Crippen LogP contribution is -2.15. The minimum Gasteiger partial charge on any atom is -0.489 e. The number of hydrogen-bond donors (Lipinski definition) is 1. The van der Waals surface area contributed by atoms with Gasteiger partial charge in [-0.15, -0.1) is 0 Å². The summed E-state index contributed by atoms with van der Waals surface area (Å²) >= 11 is 5.93. The molecule has 4 rings (SSSR count). The van der Waals surface area contributed by atoms with Crippen LogP contribution in [0.15, 0.2) is 59.4 Å². The highest BCUT2D eigenvalue weighted by Crippen LogP contribution is 2.22. The van der Waals surface area contributed by atoms with Gasteiger partial charge < -0.3 is 14.6 Å². The molecule has 2 aromatic heterocycles. The van der Waals surface area contributed by atoms with E-state index in [1.807, 2.05) is 50.2 Å². The van der Waals surface area contributed by atoms with Crippen molar-refractivity contribution in [2.75, 3.05) is 5.32 Å². The van der Waals surface area contributed by atoms with Crippen LogP contribution in [0.25, 0.3) is 0 Å². The molecular formula is C24H23ClN4O3. The first-order valence-electron chi connectivity index (χ1n) is 10.1.